The molecule has 1 amide bonds. The molecule has 2 aliphatic rings. The van der Waals surface area contributed by atoms with E-state index in [1.165, 1.54) is 11.8 Å². The predicted octanol–water partition coefficient (Wildman–Crippen LogP) is 2.41. The van der Waals surface area contributed by atoms with Gasteiger partial charge in [-0.3, -0.25) is 9.59 Å². The van der Waals surface area contributed by atoms with E-state index in [9.17, 15) is 19.5 Å². The van der Waals surface area contributed by atoms with Crippen LogP contribution in [0.25, 0.3) is 0 Å². The Morgan fingerprint density at radius 2 is 1.77 bits per heavy atom. The van der Waals surface area contributed by atoms with Crippen molar-refractivity contribution in [1.82, 2.24) is 4.90 Å². The van der Waals surface area contributed by atoms with Crippen molar-refractivity contribution in [3.63, 3.8) is 0 Å². The fourth-order valence-corrected chi connectivity index (χ4v) is 3.65. The Hall–Kier alpha value is -2.26. The number of nitrogens with zero attached hydrogens (tertiary/aromatic N) is 1. The molecule has 2 heterocycles. The molecule has 0 fully saturated rings. The minimum atomic E-state index is -1.04. The zero-order valence-electron chi connectivity index (χ0n) is 18.1. The molecule has 2 atom stereocenters. The maximum atomic E-state index is 12.8. The van der Waals surface area contributed by atoms with Gasteiger partial charge in [0.2, 0.25) is 12.7 Å². The smallest absolute Gasteiger partial charge is 0.326 e. The number of ether oxygens (including phenoxy) is 2. The van der Waals surface area contributed by atoms with Gasteiger partial charge in [-0.1, -0.05) is 18.7 Å². The van der Waals surface area contributed by atoms with Gasteiger partial charge in [-0.2, -0.15) is 0 Å². The largest absolute Gasteiger partial charge is 0.480 e. The molecule has 30 heavy (non-hydrogen) atoms. The summed E-state index contributed by atoms with van der Waals surface area (Å²) in [6.45, 7) is 9.40. The summed E-state index contributed by atoms with van der Waals surface area (Å²) in [5, 5.41) is 9.50. The highest BCUT2D eigenvalue weighted by Crippen LogP contribution is 2.38. The Morgan fingerprint density at radius 3 is 2.27 bits per heavy atom. The van der Waals surface area contributed by atoms with E-state index in [2.05, 4.69) is 0 Å². The molecule has 0 bridgehead atoms. The molecule has 0 aromatic heterocycles. The monoisotopic (exact) mass is 438 g/mol. The van der Waals surface area contributed by atoms with Gasteiger partial charge in [-0.25, -0.2) is 4.79 Å². The van der Waals surface area contributed by atoms with Gasteiger partial charge in [0.25, 0.3) is 0 Å². The van der Waals surface area contributed by atoms with E-state index >= 15 is 0 Å². The first-order valence-corrected chi connectivity index (χ1v) is 10.7. The number of benzene rings is 1. The van der Waals surface area contributed by atoms with Crippen LogP contribution in [-0.2, 0) is 27.3 Å². The molecule has 2 aliphatic heterocycles. The van der Waals surface area contributed by atoms with Crippen molar-refractivity contribution in [3.05, 3.63) is 23.3 Å². The van der Waals surface area contributed by atoms with E-state index in [1.807, 2.05) is 26.8 Å². The molecule has 2 unspecified atom stereocenters. The number of aliphatic carboxylic acids is 1. The second-order valence-corrected chi connectivity index (χ2v) is 9.77. The SMILES string of the molecule is CC(=O)SCC(C)C(=O)N1Cc2cc3c(cc2CC1C(=O)O)OCO3.CC(C)(C)N. The van der Waals surface area contributed by atoms with Crippen molar-refractivity contribution in [2.75, 3.05) is 12.5 Å². The van der Waals surface area contributed by atoms with E-state index in [-0.39, 0.29) is 36.3 Å². The average molecular weight is 439 g/mol. The lowest BCUT2D eigenvalue weighted by atomic mass is 9.92. The normalized spacial score (nSPS) is 18.1. The summed E-state index contributed by atoms with van der Waals surface area (Å²) in [6, 6.07) is 2.68. The number of nitrogens with two attached hydrogens (primary N) is 1. The zero-order valence-corrected chi connectivity index (χ0v) is 18.9. The molecule has 1 aromatic carbocycles. The van der Waals surface area contributed by atoms with Crippen molar-refractivity contribution in [2.24, 2.45) is 11.7 Å². The maximum Gasteiger partial charge on any atom is 0.326 e. The lowest BCUT2D eigenvalue weighted by Crippen LogP contribution is -2.50. The number of rotatable bonds is 4. The number of hydrogen-bond donors (Lipinski definition) is 2. The Morgan fingerprint density at radius 1 is 1.23 bits per heavy atom. The van der Waals surface area contributed by atoms with Crippen LogP contribution in [0.3, 0.4) is 0 Å². The van der Waals surface area contributed by atoms with E-state index in [0.717, 1.165) is 22.9 Å². The highest BCUT2D eigenvalue weighted by Gasteiger charge is 2.37. The quantitative estimate of drug-likeness (QED) is 0.736. The van der Waals surface area contributed by atoms with Gasteiger partial charge in [0.05, 0.1) is 0 Å². The Bertz CT molecular complexity index is 814. The molecule has 1 aromatic rings. The molecule has 9 heteroatoms. The van der Waals surface area contributed by atoms with Gasteiger partial charge in [0.1, 0.15) is 6.04 Å². The molecule has 8 nitrogen and oxygen atoms in total. The number of amides is 1. The summed E-state index contributed by atoms with van der Waals surface area (Å²) in [6.07, 6.45) is 0.222. The predicted molar refractivity (Wildman–Crippen MR) is 114 cm³/mol. The maximum absolute atomic E-state index is 12.8. The highest BCUT2D eigenvalue weighted by atomic mass is 32.2. The fraction of sp³-hybridized carbons (Fsp3) is 0.571. The van der Waals surface area contributed by atoms with Gasteiger partial charge in [-0.05, 0) is 44.0 Å². The molecule has 3 N–H and O–H groups in total. The topological polar surface area (TPSA) is 119 Å². The van der Waals surface area contributed by atoms with Gasteiger partial charge < -0.3 is 25.2 Å². The van der Waals surface area contributed by atoms with Crippen LogP contribution in [0.4, 0.5) is 0 Å². The second kappa shape index (κ2) is 9.70. The molecule has 3 rings (SSSR count). The third-order valence-electron chi connectivity index (χ3n) is 4.35. The summed E-state index contributed by atoms with van der Waals surface area (Å²) in [7, 11) is 0. The highest BCUT2D eigenvalue weighted by molar-refractivity contribution is 8.13. The first-order chi connectivity index (χ1) is 13.9. The summed E-state index contributed by atoms with van der Waals surface area (Å²) < 4.78 is 10.7. The summed E-state index contributed by atoms with van der Waals surface area (Å²) in [5.41, 5.74) is 7.07. The lowest BCUT2D eigenvalue weighted by molar-refractivity contribution is -0.152. The average Bonchev–Trinajstić information content (AvgIpc) is 3.08. The Balaban J connectivity index is 0.000000575. The van der Waals surface area contributed by atoms with Crippen LogP contribution >= 0.6 is 11.8 Å². The molecule has 166 valence electrons. The van der Waals surface area contributed by atoms with E-state index in [0.29, 0.717) is 17.3 Å². The molecule has 0 radical (unpaired) electrons. The van der Waals surface area contributed by atoms with Crippen molar-refractivity contribution >= 4 is 28.8 Å². The number of hydrogen-bond acceptors (Lipinski definition) is 7. The second-order valence-electron chi connectivity index (χ2n) is 8.57. The Labute approximate surface area is 181 Å². The summed E-state index contributed by atoms with van der Waals surface area (Å²) in [5.74, 6) is -0.182. The number of fused-ring (bicyclic) bond motifs is 2. The number of carbonyl (C=O) groups is 3. The number of carboxylic acids is 1. The summed E-state index contributed by atoms with van der Waals surface area (Å²) in [4.78, 5) is 36.9. The zero-order chi connectivity index (χ0) is 22.6. The van der Waals surface area contributed by atoms with Gasteiger partial charge >= 0.3 is 5.97 Å². The first-order valence-electron chi connectivity index (χ1n) is 9.73. The van der Waals surface area contributed by atoms with Crippen molar-refractivity contribution in [2.45, 2.75) is 59.2 Å². The van der Waals surface area contributed by atoms with Crippen molar-refractivity contribution < 1.29 is 29.0 Å². The van der Waals surface area contributed by atoms with Crippen LogP contribution in [0.5, 0.6) is 11.5 Å². The standard InChI is InChI=1S/C17H19NO6S.C4H11N/c1-9(7-25-10(2)19)16(20)18-6-12-5-15-14(23-8-24-15)4-11(12)3-13(18)17(21)22;1-4(2,3)5/h4-5,9,13H,3,6-8H2,1-2H3,(H,21,22);5H2,1-3H3. The lowest BCUT2D eigenvalue weighted by Gasteiger charge is -2.36. The molecule has 0 spiro atoms. The molecule has 0 saturated carbocycles. The third kappa shape index (κ3) is 6.63. The fourth-order valence-electron chi connectivity index (χ4n) is 3.02. The van der Waals surface area contributed by atoms with Crippen LogP contribution in [0.1, 0.15) is 45.7 Å². The van der Waals surface area contributed by atoms with E-state index in [4.69, 9.17) is 15.2 Å². The number of carboxylic acid groups (broad SMARTS) is 1. The summed E-state index contributed by atoms with van der Waals surface area (Å²) >= 11 is 1.07. The van der Waals surface area contributed by atoms with Crippen LogP contribution < -0.4 is 15.2 Å². The van der Waals surface area contributed by atoms with Gasteiger partial charge in [0.15, 0.2) is 16.6 Å². The molecule has 0 saturated heterocycles. The van der Waals surface area contributed by atoms with Crippen LogP contribution in [0.15, 0.2) is 12.1 Å². The number of thioether (sulfide) groups is 1. The number of carbonyl (C=O) groups excluding carboxylic acids is 2. The molecular weight excluding hydrogens is 408 g/mol. The van der Waals surface area contributed by atoms with Crippen LogP contribution in [0, 0.1) is 5.92 Å². The van der Waals surface area contributed by atoms with Crippen LogP contribution in [0.2, 0.25) is 0 Å². The van der Waals surface area contributed by atoms with E-state index < -0.39 is 17.9 Å². The minimum Gasteiger partial charge on any atom is -0.480 e. The van der Waals surface area contributed by atoms with Gasteiger partial charge in [0, 0.05) is 37.1 Å². The van der Waals surface area contributed by atoms with Crippen molar-refractivity contribution in [3.8, 4) is 11.5 Å². The van der Waals surface area contributed by atoms with Crippen molar-refractivity contribution in [1.29, 1.82) is 0 Å². The van der Waals surface area contributed by atoms with Crippen LogP contribution in [-0.4, -0.2) is 51.1 Å². The van der Waals surface area contributed by atoms with E-state index in [1.54, 1.807) is 13.0 Å². The Kier molecular flexibility index (Phi) is 7.76. The molecular formula is C21H30N2O6S. The third-order valence-corrected chi connectivity index (χ3v) is 5.42. The molecule has 0 aliphatic carbocycles. The minimum absolute atomic E-state index is 0. The first kappa shape index (κ1) is 24.0. The van der Waals surface area contributed by atoms with Gasteiger partial charge in [-0.15, -0.1) is 0 Å².